The molecule has 0 radical (unpaired) electrons. The average molecular weight is 435 g/mol. The van der Waals surface area contributed by atoms with Gasteiger partial charge in [-0.25, -0.2) is 16.8 Å². The molecular weight excluding hydrogens is 408 g/mol. The quantitative estimate of drug-likeness (QED) is 0.725. The van der Waals surface area contributed by atoms with Gasteiger partial charge in [0.2, 0.25) is 20.0 Å². The van der Waals surface area contributed by atoms with Crippen LogP contribution in [-0.4, -0.2) is 45.1 Å². The summed E-state index contributed by atoms with van der Waals surface area (Å²) in [4.78, 5) is 0.544. The highest BCUT2D eigenvalue weighted by Crippen LogP contribution is 2.50. The van der Waals surface area contributed by atoms with Crippen LogP contribution in [-0.2, 0) is 25.6 Å². The summed E-state index contributed by atoms with van der Waals surface area (Å²) >= 11 is 0. The molecule has 2 aromatic rings. The number of hydrogen-bond donors (Lipinski definition) is 0. The Morgan fingerprint density at radius 3 is 2.38 bits per heavy atom. The van der Waals surface area contributed by atoms with E-state index in [0.717, 1.165) is 12.0 Å². The highest BCUT2D eigenvalue weighted by molar-refractivity contribution is 7.89. The number of rotatable bonds is 5. The maximum absolute atomic E-state index is 13.3. The molecule has 29 heavy (non-hydrogen) atoms. The lowest BCUT2D eigenvalue weighted by atomic mass is 9.88. The molecule has 4 rings (SSSR count). The van der Waals surface area contributed by atoms with Crippen molar-refractivity contribution in [3.63, 3.8) is 0 Å². The molecule has 0 N–H and O–H groups in total. The molecule has 6 nitrogen and oxygen atoms in total. The van der Waals surface area contributed by atoms with Crippen molar-refractivity contribution in [2.45, 2.75) is 42.0 Å². The van der Waals surface area contributed by atoms with Crippen molar-refractivity contribution < 1.29 is 16.8 Å². The Labute approximate surface area is 173 Å². The zero-order valence-electron chi connectivity index (χ0n) is 16.7. The molecule has 1 unspecified atom stereocenters. The molecule has 1 atom stereocenters. The fraction of sp³-hybridized carbons (Fsp3) is 0.429. The van der Waals surface area contributed by atoms with Crippen molar-refractivity contribution in [2.75, 3.05) is 19.6 Å². The van der Waals surface area contributed by atoms with Gasteiger partial charge >= 0.3 is 0 Å². The molecule has 0 aliphatic carbocycles. The molecule has 2 aromatic carbocycles. The molecule has 8 heteroatoms. The fourth-order valence-corrected chi connectivity index (χ4v) is 7.99. The number of fused-ring (bicyclic) bond motifs is 2. The Kier molecular flexibility index (Phi) is 5.09. The number of benzene rings is 2. The summed E-state index contributed by atoms with van der Waals surface area (Å²) in [5, 5.41) is 0. The molecule has 0 amide bonds. The van der Waals surface area contributed by atoms with Crippen molar-refractivity contribution >= 4 is 20.0 Å². The number of hydrogen-bond acceptors (Lipinski definition) is 4. The molecule has 156 valence electrons. The third-order valence-corrected chi connectivity index (χ3v) is 9.82. The Morgan fingerprint density at radius 2 is 1.69 bits per heavy atom. The van der Waals surface area contributed by atoms with Crippen LogP contribution in [0.1, 0.15) is 32.3 Å². The van der Waals surface area contributed by atoms with Gasteiger partial charge in [0.25, 0.3) is 0 Å². The Morgan fingerprint density at radius 1 is 1.03 bits per heavy atom. The van der Waals surface area contributed by atoms with Gasteiger partial charge in [-0.05, 0) is 42.5 Å². The summed E-state index contributed by atoms with van der Waals surface area (Å²) in [5.41, 5.74) is -0.124. The summed E-state index contributed by atoms with van der Waals surface area (Å²) in [6.07, 6.45) is 1.17. The molecule has 2 aliphatic rings. The van der Waals surface area contributed by atoms with Gasteiger partial charge in [0, 0.05) is 19.6 Å². The third kappa shape index (κ3) is 3.22. The molecule has 0 aromatic heterocycles. The van der Waals surface area contributed by atoms with Gasteiger partial charge in [0.15, 0.2) is 0 Å². The van der Waals surface area contributed by atoms with Crippen molar-refractivity contribution in [1.82, 2.24) is 8.61 Å². The molecule has 1 fully saturated rings. The van der Waals surface area contributed by atoms with Crippen LogP contribution in [0.15, 0.2) is 64.4 Å². The van der Waals surface area contributed by atoms with E-state index in [1.165, 1.54) is 4.31 Å². The summed E-state index contributed by atoms with van der Waals surface area (Å²) < 4.78 is 56.0. The molecular formula is C21H26N2O4S2. The summed E-state index contributed by atoms with van der Waals surface area (Å²) in [6.45, 7) is 4.93. The SMILES string of the molecule is CC(C)CCN1C2(CCN(S(=O)(=O)c3ccccc3)C2)c2ccccc2S1(=O)=O. The Balaban J connectivity index is 1.77. The lowest BCUT2D eigenvalue weighted by Crippen LogP contribution is -2.47. The predicted molar refractivity (Wildman–Crippen MR) is 111 cm³/mol. The van der Waals surface area contributed by atoms with E-state index in [-0.39, 0.29) is 11.4 Å². The zero-order chi connectivity index (χ0) is 20.9. The second-order valence-electron chi connectivity index (χ2n) is 8.19. The van der Waals surface area contributed by atoms with E-state index in [0.29, 0.717) is 30.3 Å². The molecule has 1 spiro atoms. The molecule has 0 bridgehead atoms. The van der Waals surface area contributed by atoms with Crippen LogP contribution in [0.4, 0.5) is 0 Å². The minimum atomic E-state index is -3.68. The maximum Gasteiger partial charge on any atom is 0.244 e. The summed E-state index contributed by atoms with van der Waals surface area (Å²) in [6, 6.07) is 15.4. The first-order valence-electron chi connectivity index (χ1n) is 9.87. The van der Waals surface area contributed by atoms with E-state index in [1.807, 2.05) is 12.1 Å². The minimum absolute atomic E-state index is 0.137. The molecule has 1 saturated heterocycles. The first-order chi connectivity index (χ1) is 13.7. The standard InChI is InChI=1S/C21H26N2O4S2/c1-17(2)12-14-23-21(19-10-6-7-11-20(19)29(23,26)27)13-15-22(16-21)28(24,25)18-8-4-3-5-9-18/h3-11,17H,12-16H2,1-2H3. The van der Waals surface area contributed by atoms with Crippen LogP contribution in [0, 0.1) is 5.92 Å². The molecule has 2 heterocycles. The van der Waals surface area contributed by atoms with Crippen molar-refractivity contribution in [1.29, 1.82) is 0 Å². The van der Waals surface area contributed by atoms with E-state index in [1.54, 1.807) is 46.8 Å². The summed E-state index contributed by atoms with van der Waals surface area (Å²) in [5.74, 6) is 0.344. The van der Waals surface area contributed by atoms with E-state index in [9.17, 15) is 16.8 Å². The second-order valence-corrected chi connectivity index (χ2v) is 12.0. The second kappa shape index (κ2) is 7.19. The van der Waals surface area contributed by atoms with E-state index in [2.05, 4.69) is 13.8 Å². The van der Waals surface area contributed by atoms with Gasteiger partial charge in [0.1, 0.15) is 0 Å². The summed E-state index contributed by atoms with van der Waals surface area (Å²) in [7, 11) is -7.34. The van der Waals surface area contributed by atoms with Gasteiger partial charge in [-0.3, -0.25) is 0 Å². The number of sulfonamides is 2. The van der Waals surface area contributed by atoms with Gasteiger partial charge < -0.3 is 0 Å². The topological polar surface area (TPSA) is 74.8 Å². The first-order valence-corrected chi connectivity index (χ1v) is 12.8. The Hall–Kier alpha value is -1.74. The first kappa shape index (κ1) is 20.5. The van der Waals surface area contributed by atoms with Crippen molar-refractivity contribution in [2.24, 2.45) is 5.92 Å². The number of nitrogens with zero attached hydrogens (tertiary/aromatic N) is 2. The van der Waals surface area contributed by atoms with Gasteiger partial charge in [-0.15, -0.1) is 0 Å². The lowest BCUT2D eigenvalue weighted by molar-refractivity contribution is 0.202. The third-order valence-electron chi connectivity index (χ3n) is 5.94. The molecule has 2 aliphatic heterocycles. The van der Waals surface area contributed by atoms with Gasteiger partial charge in [0.05, 0.1) is 15.3 Å². The predicted octanol–water partition coefficient (Wildman–Crippen LogP) is 3.03. The van der Waals surface area contributed by atoms with E-state index in [4.69, 9.17) is 0 Å². The monoisotopic (exact) mass is 434 g/mol. The zero-order valence-corrected chi connectivity index (χ0v) is 18.3. The van der Waals surface area contributed by atoms with Gasteiger partial charge in [-0.2, -0.15) is 8.61 Å². The van der Waals surface area contributed by atoms with E-state index < -0.39 is 25.6 Å². The van der Waals surface area contributed by atoms with Crippen LogP contribution in [0.25, 0.3) is 0 Å². The van der Waals surface area contributed by atoms with Crippen molar-refractivity contribution in [3.05, 3.63) is 60.2 Å². The highest BCUT2D eigenvalue weighted by Gasteiger charge is 2.58. The molecule has 0 saturated carbocycles. The largest absolute Gasteiger partial charge is 0.244 e. The normalized spacial score (nSPS) is 24.4. The fourth-order valence-electron chi connectivity index (χ4n) is 4.40. The highest BCUT2D eigenvalue weighted by atomic mass is 32.2. The maximum atomic E-state index is 13.3. The van der Waals surface area contributed by atoms with Crippen LogP contribution in [0.3, 0.4) is 0 Å². The smallest absolute Gasteiger partial charge is 0.207 e. The van der Waals surface area contributed by atoms with Crippen LogP contribution in [0.2, 0.25) is 0 Å². The Bertz CT molecular complexity index is 1110. The van der Waals surface area contributed by atoms with E-state index >= 15 is 0 Å². The van der Waals surface area contributed by atoms with Crippen LogP contribution in [0.5, 0.6) is 0 Å². The average Bonchev–Trinajstić information content (AvgIpc) is 3.22. The lowest BCUT2D eigenvalue weighted by Gasteiger charge is -2.34. The van der Waals surface area contributed by atoms with Crippen LogP contribution >= 0.6 is 0 Å². The van der Waals surface area contributed by atoms with Crippen molar-refractivity contribution in [3.8, 4) is 0 Å². The minimum Gasteiger partial charge on any atom is -0.207 e. The van der Waals surface area contributed by atoms with Gasteiger partial charge in [-0.1, -0.05) is 50.2 Å². The van der Waals surface area contributed by atoms with Crippen LogP contribution < -0.4 is 0 Å².